The van der Waals surface area contributed by atoms with E-state index in [4.69, 9.17) is 4.52 Å². The SMILES string of the molecule is CCO[P@]1(=O)C(CCO)=CN(c2ccccc2)N=C1c1ccccc1. The Balaban J connectivity index is 2.15. The van der Waals surface area contributed by atoms with Crippen LogP contribution in [-0.2, 0) is 9.09 Å². The normalized spacial score (nSPS) is 20.2. The number of benzene rings is 2. The summed E-state index contributed by atoms with van der Waals surface area (Å²) in [7, 11) is -3.32. The zero-order valence-corrected chi connectivity index (χ0v) is 15.0. The van der Waals surface area contributed by atoms with E-state index in [1.165, 1.54) is 0 Å². The molecule has 2 aromatic rings. The number of aliphatic hydroxyl groups excluding tert-OH is 1. The molecule has 1 aliphatic heterocycles. The topological polar surface area (TPSA) is 62.1 Å². The summed E-state index contributed by atoms with van der Waals surface area (Å²) in [6, 6.07) is 19.0. The number of hydrogen-bond acceptors (Lipinski definition) is 5. The van der Waals surface area contributed by atoms with Crippen LogP contribution in [0.4, 0.5) is 5.69 Å². The third kappa shape index (κ3) is 3.59. The van der Waals surface area contributed by atoms with Gasteiger partial charge in [0.1, 0.15) is 0 Å². The van der Waals surface area contributed by atoms with Gasteiger partial charge in [-0.1, -0.05) is 48.5 Å². The zero-order chi connectivity index (χ0) is 17.7. The zero-order valence-electron chi connectivity index (χ0n) is 14.1. The molecule has 1 heterocycles. The number of para-hydroxylation sites is 1. The Labute approximate surface area is 147 Å². The van der Waals surface area contributed by atoms with Crippen molar-refractivity contribution in [3.8, 4) is 0 Å². The summed E-state index contributed by atoms with van der Waals surface area (Å²) in [6.07, 6.45) is 1.99. The summed E-state index contributed by atoms with van der Waals surface area (Å²) in [5.74, 6) is 0. The number of anilines is 1. The van der Waals surface area contributed by atoms with Gasteiger partial charge in [-0.05, 0) is 19.1 Å². The standard InChI is InChI=1S/C19H21N2O3P/c1-2-24-25(23)18(13-14-22)15-21(17-11-7-4-8-12-17)20-19(25)16-9-5-3-6-10-16/h3-12,15,22H,2,13-14H2,1H3/t25-/m1/s1. The second-order valence-corrected chi connectivity index (χ2v) is 7.89. The van der Waals surface area contributed by atoms with Crippen LogP contribution in [0, 0.1) is 0 Å². The molecule has 3 rings (SSSR count). The first kappa shape index (κ1) is 17.6. The van der Waals surface area contributed by atoms with Gasteiger partial charge in [0.05, 0.1) is 12.3 Å². The van der Waals surface area contributed by atoms with E-state index in [1.807, 2.05) is 67.6 Å². The van der Waals surface area contributed by atoms with Gasteiger partial charge in [-0.2, -0.15) is 5.10 Å². The van der Waals surface area contributed by atoms with Crippen molar-refractivity contribution in [3.05, 3.63) is 77.7 Å². The molecule has 0 radical (unpaired) electrons. The molecule has 130 valence electrons. The van der Waals surface area contributed by atoms with Crippen LogP contribution in [0.25, 0.3) is 0 Å². The van der Waals surface area contributed by atoms with Gasteiger partial charge in [-0.15, -0.1) is 0 Å². The van der Waals surface area contributed by atoms with Gasteiger partial charge < -0.3 is 9.63 Å². The number of hydrogen-bond donors (Lipinski definition) is 1. The van der Waals surface area contributed by atoms with E-state index < -0.39 is 7.37 Å². The molecule has 0 unspecified atom stereocenters. The van der Waals surface area contributed by atoms with E-state index in [2.05, 4.69) is 5.10 Å². The van der Waals surface area contributed by atoms with Gasteiger partial charge in [0.15, 0.2) is 5.45 Å². The Kier molecular flexibility index (Phi) is 5.49. The average Bonchev–Trinajstić information content (AvgIpc) is 2.65. The Hall–Kier alpha value is -2.20. The minimum atomic E-state index is -3.32. The first-order valence-corrected chi connectivity index (χ1v) is 9.87. The fraction of sp³-hybridized carbons (Fsp3) is 0.211. The van der Waals surface area contributed by atoms with E-state index in [0.717, 1.165) is 11.3 Å². The number of hydrazone groups is 1. The maximum Gasteiger partial charge on any atom is 0.279 e. The molecule has 6 heteroatoms. The van der Waals surface area contributed by atoms with E-state index in [0.29, 0.717) is 17.4 Å². The predicted molar refractivity (Wildman–Crippen MR) is 101 cm³/mol. The number of aliphatic hydroxyl groups is 1. The highest BCUT2D eigenvalue weighted by atomic mass is 31.2. The molecule has 0 fully saturated rings. The summed E-state index contributed by atoms with van der Waals surface area (Å²) in [6.45, 7) is 2.01. The Morgan fingerprint density at radius 1 is 1.08 bits per heavy atom. The van der Waals surface area contributed by atoms with Crippen molar-refractivity contribution in [2.75, 3.05) is 18.2 Å². The minimum Gasteiger partial charge on any atom is -0.396 e. The van der Waals surface area contributed by atoms with Crippen LogP contribution in [0.15, 0.2) is 77.3 Å². The highest BCUT2D eigenvalue weighted by Gasteiger charge is 2.39. The summed E-state index contributed by atoms with van der Waals surface area (Å²) in [4.78, 5) is 0. The largest absolute Gasteiger partial charge is 0.396 e. The molecule has 1 N–H and O–H groups in total. The van der Waals surface area contributed by atoms with Crippen LogP contribution < -0.4 is 5.01 Å². The first-order valence-electron chi connectivity index (χ1n) is 8.24. The van der Waals surface area contributed by atoms with Crippen molar-refractivity contribution in [1.29, 1.82) is 0 Å². The second kappa shape index (κ2) is 7.79. The lowest BCUT2D eigenvalue weighted by Gasteiger charge is -2.30. The van der Waals surface area contributed by atoms with Gasteiger partial charge in [0, 0.05) is 30.1 Å². The van der Waals surface area contributed by atoms with Crippen LogP contribution in [0.2, 0.25) is 0 Å². The molecule has 0 aliphatic carbocycles. The molecule has 5 nitrogen and oxygen atoms in total. The fourth-order valence-corrected chi connectivity index (χ4v) is 5.01. The average molecular weight is 356 g/mol. The number of rotatable bonds is 6. The molecule has 25 heavy (non-hydrogen) atoms. The molecule has 0 saturated carbocycles. The lowest BCUT2D eigenvalue weighted by atomic mass is 10.2. The van der Waals surface area contributed by atoms with Crippen LogP contribution >= 0.6 is 7.37 Å². The third-order valence-corrected chi connectivity index (χ3v) is 6.48. The highest BCUT2D eigenvalue weighted by molar-refractivity contribution is 7.81. The van der Waals surface area contributed by atoms with Crippen molar-refractivity contribution in [2.24, 2.45) is 5.10 Å². The summed E-state index contributed by atoms with van der Waals surface area (Å²) in [5.41, 5.74) is 2.02. The van der Waals surface area contributed by atoms with Gasteiger partial charge in [0.25, 0.3) is 7.37 Å². The van der Waals surface area contributed by atoms with Crippen LogP contribution in [0.3, 0.4) is 0 Å². The lowest BCUT2D eigenvalue weighted by Crippen LogP contribution is -2.22. The lowest BCUT2D eigenvalue weighted by molar-refractivity contribution is 0.297. The molecular weight excluding hydrogens is 335 g/mol. The van der Waals surface area contributed by atoms with E-state index in [-0.39, 0.29) is 13.0 Å². The van der Waals surface area contributed by atoms with Gasteiger partial charge in [-0.3, -0.25) is 4.57 Å². The van der Waals surface area contributed by atoms with Crippen LogP contribution in [0.5, 0.6) is 0 Å². The van der Waals surface area contributed by atoms with E-state index in [9.17, 15) is 9.67 Å². The Morgan fingerprint density at radius 2 is 1.72 bits per heavy atom. The molecule has 0 bridgehead atoms. The molecule has 2 aromatic carbocycles. The van der Waals surface area contributed by atoms with E-state index >= 15 is 0 Å². The van der Waals surface area contributed by atoms with Gasteiger partial charge >= 0.3 is 0 Å². The minimum absolute atomic E-state index is 0.104. The van der Waals surface area contributed by atoms with Crippen molar-refractivity contribution in [1.82, 2.24) is 0 Å². The van der Waals surface area contributed by atoms with Crippen LogP contribution in [-0.4, -0.2) is 23.8 Å². The molecule has 0 saturated heterocycles. The number of nitrogens with zero attached hydrogens (tertiary/aromatic N) is 2. The van der Waals surface area contributed by atoms with Gasteiger partial charge in [-0.25, -0.2) is 5.01 Å². The quantitative estimate of drug-likeness (QED) is 0.779. The van der Waals surface area contributed by atoms with Crippen molar-refractivity contribution >= 4 is 18.5 Å². The van der Waals surface area contributed by atoms with Crippen molar-refractivity contribution in [2.45, 2.75) is 13.3 Å². The first-order chi connectivity index (χ1) is 12.2. The Bertz CT molecular complexity index is 819. The highest BCUT2D eigenvalue weighted by Crippen LogP contribution is 2.61. The molecular formula is C19H21N2O3P. The Morgan fingerprint density at radius 3 is 2.32 bits per heavy atom. The van der Waals surface area contributed by atoms with Crippen molar-refractivity contribution < 1.29 is 14.2 Å². The third-order valence-electron chi connectivity index (χ3n) is 3.86. The maximum atomic E-state index is 13.7. The molecule has 0 spiro atoms. The maximum absolute atomic E-state index is 13.7. The van der Waals surface area contributed by atoms with Gasteiger partial charge in [0.2, 0.25) is 0 Å². The fourth-order valence-electron chi connectivity index (χ4n) is 2.72. The molecule has 0 aromatic heterocycles. The smallest absolute Gasteiger partial charge is 0.279 e. The predicted octanol–water partition coefficient (Wildman–Crippen LogP) is 4.41. The monoisotopic (exact) mass is 356 g/mol. The molecule has 1 aliphatic rings. The van der Waals surface area contributed by atoms with Crippen LogP contribution in [0.1, 0.15) is 18.9 Å². The second-order valence-electron chi connectivity index (χ2n) is 5.53. The summed E-state index contributed by atoms with van der Waals surface area (Å²) >= 11 is 0. The molecule has 0 amide bonds. The molecule has 1 atom stereocenters. The van der Waals surface area contributed by atoms with Crippen molar-refractivity contribution in [3.63, 3.8) is 0 Å². The van der Waals surface area contributed by atoms with E-state index in [1.54, 1.807) is 11.2 Å². The summed E-state index contributed by atoms with van der Waals surface area (Å²) in [5, 5.41) is 16.3. The summed E-state index contributed by atoms with van der Waals surface area (Å²) < 4.78 is 19.4.